The number of amides is 1. The van der Waals surface area contributed by atoms with Crippen molar-refractivity contribution in [3.05, 3.63) is 46.8 Å². The maximum Gasteiger partial charge on any atom is 0.471 e. The summed E-state index contributed by atoms with van der Waals surface area (Å²) in [4.78, 5) is 22.3. The Kier molecular flexibility index (Phi) is 4.63. The molecule has 0 aliphatic heterocycles. The lowest BCUT2D eigenvalue weighted by Crippen LogP contribution is -2.30. The zero-order valence-electron chi connectivity index (χ0n) is 12.8. The van der Waals surface area contributed by atoms with Crippen LogP contribution in [0.3, 0.4) is 0 Å². The van der Waals surface area contributed by atoms with Crippen molar-refractivity contribution < 1.29 is 27.9 Å². The van der Waals surface area contributed by atoms with Crippen LogP contribution in [0, 0.1) is 13.8 Å². The van der Waals surface area contributed by atoms with Crippen LogP contribution in [-0.2, 0) is 11.3 Å². The maximum absolute atomic E-state index is 12.4. The number of carboxylic acids is 1. The van der Waals surface area contributed by atoms with Crippen molar-refractivity contribution in [1.82, 2.24) is 9.78 Å². The molecule has 0 atom stereocenters. The van der Waals surface area contributed by atoms with Crippen molar-refractivity contribution >= 4 is 17.6 Å². The monoisotopic (exact) mass is 341 g/mol. The number of alkyl halides is 3. The second-order valence-corrected chi connectivity index (χ2v) is 5.12. The lowest BCUT2D eigenvalue weighted by molar-refractivity contribution is -0.167. The summed E-state index contributed by atoms with van der Waals surface area (Å²) in [6, 6.07) is 6.24. The Bertz CT molecular complexity index is 797. The van der Waals surface area contributed by atoms with E-state index >= 15 is 0 Å². The van der Waals surface area contributed by atoms with Crippen molar-refractivity contribution in [3.63, 3.8) is 0 Å². The average molecular weight is 341 g/mol. The largest absolute Gasteiger partial charge is 0.478 e. The van der Waals surface area contributed by atoms with Crippen molar-refractivity contribution in [2.75, 3.05) is 5.32 Å². The van der Waals surface area contributed by atoms with Gasteiger partial charge in [0.25, 0.3) is 0 Å². The number of anilines is 1. The van der Waals surface area contributed by atoms with Crippen molar-refractivity contribution in [3.8, 4) is 0 Å². The van der Waals surface area contributed by atoms with Crippen molar-refractivity contribution in [1.29, 1.82) is 0 Å². The van der Waals surface area contributed by atoms with Crippen LogP contribution in [0.25, 0.3) is 0 Å². The van der Waals surface area contributed by atoms with Gasteiger partial charge in [-0.1, -0.05) is 18.2 Å². The van der Waals surface area contributed by atoms with Crippen LogP contribution in [0.2, 0.25) is 0 Å². The summed E-state index contributed by atoms with van der Waals surface area (Å²) in [6.07, 6.45) is -5.00. The van der Waals surface area contributed by atoms with Gasteiger partial charge < -0.3 is 10.4 Å². The molecule has 0 unspecified atom stereocenters. The van der Waals surface area contributed by atoms with Crippen LogP contribution >= 0.6 is 0 Å². The third kappa shape index (κ3) is 3.55. The Morgan fingerprint density at radius 1 is 1.25 bits per heavy atom. The van der Waals surface area contributed by atoms with E-state index in [1.165, 1.54) is 24.6 Å². The third-order valence-corrected chi connectivity index (χ3v) is 3.45. The standard InChI is InChI=1S/C15H14F3N3O3/c1-8-12(19-14(24)15(16,17)18)9(2)21(20-8)7-10-5-3-4-6-11(10)13(22)23/h3-6H,7H2,1-2H3,(H,19,24)(H,22,23). The quantitative estimate of drug-likeness (QED) is 0.896. The number of aryl methyl sites for hydroxylation is 1. The number of nitrogens with zero attached hydrogens (tertiary/aromatic N) is 2. The number of aromatic nitrogens is 2. The summed E-state index contributed by atoms with van der Waals surface area (Å²) in [7, 11) is 0. The van der Waals surface area contributed by atoms with Gasteiger partial charge >= 0.3 is 18.1 Å². The number of hydrogen-bond donors (Lipinski definition) is 2. The van der Waals surface area contributed by atoms with Gasteiger partial charge in [0.05, 0.1) is 29.2 Å². The Labute approximate surface area is 134 Å². The molecule has 2 rings (SSSR count). The van der Waals surface area contributed by atoms with Crippen LogP contribution in [0.1, 0.15) is 27.3 Å². The number of benzene rings is 1. The molecule has 9 heteroatoms. The Balaban J connectivity index is 2.33. The highest BCUT2D eigenvalue weighted by atomic mass is 19.4. The fraction of sp³-hybridized carbons (Fsp3) is 0.267. The van der Waals surface area contributed by atoms with Gasteiger partial charge in [0.2, 0.25) is 0 Å². The SMILES string of the molecule is Cc1nn(Cc2ccccc2C(=O)O)c(C)c1NC(=O)C(F)(F)F. The van der Waals surface area contributed by atoms with E-state index in [9.17, 15) is 22.8 Å². The second-order valence-electron chi connectivity index (χ2n) is 5.12. The first-order valence-corrected chi connectivity index (χ1v) is 6.84. The summed E-state index contributed by atoms with van der Waals surface area (Å²) in [6.45, 7) is 3.00. The molecule has 1 heterocycles. The van der Waals surface area contributed by atoms with E-state index in [4.69, 9.17) is 5.11 Å². The number of rotatable bonds is 4. The van der Waals surface area contributed by atoms with E-state index in [0.29, 0.717) is 11.3 Å². The first kappa shape index (κ1) is 17.5. The van der Waals surface area contributed by atoms with E-state index in [-0.39, 0.29) is 23.5 Å². The average Bonchev–Trinajstić information content (AvgIpc) is 2.74. The predicted molar refractivity (Wildman–Crippen MR) is 78.9 cm³/mol. The molecule has 0 radical (unpaired) electrons. The highest BCUT2D eigenvalue weighted by molar-refractivity contribution is 5.95. The van der Waals surface area contributed by atoms with Crippen LogP contribution in [0.4, 0.5) is 18.9 Å². The molecule has 0 aliphatic rings. The maximum atomic E-state index is 12.4. The zero-order chi connectivity index (χ0) is 18.1. The fourth-order valence-electron chi connectivity index (χ4n) is 2.24. The van der Waals surface area contributed by atoms with Crippen LogP contribution < -0.4 is 5.32 Å². The number of aromatic carboxylic acids is 1. The van der Waals surface area contributed by atoms with Gasteiger partial charge in [-0.15, -0.1) is 0 Å². The first-order valence-electron chi connectivity index (χ1n) is 6.84. The summed E-state index contributed by atoms with van der Waals surface area (Å²) >= 11 is 0. The van der Waals surface area contributed by atoms with Gasteiger partial charge in [0.1, 0.15) is 0 Å². The molecule has 0 spiro atoms. The molecule has 6 nitrogen and oxygen atoms in total. The van der Waals surface area contributed by atoms with Crippen LogP contribution in [0.5, 0.6) is 0 Å². The van der Waals surface area contributed by atoms with E-state index < -0.39 is 18.1 Å². The number of hydrogen-bond acceptors (Lipinski definition) is 3. The molecule has 2 N–H and O–H groups in total. The van der Waals surface area contributed by atoms with Gasteiger partial charge in [0, 0.05) is 0 Å². The Hall–Kier alpha value is -2.84. The van der Waals surface area contributed by atoms with E-state index in [0.717, 1.165) is 0 Å². The first-order chi connectivity index (χ1) is 11.1. The molecule has 0 saturated heterocycles. The number of carbonyl (C=O) groups excluding carboxylic acids is 1. The molecular weight excluding hydrogens is 327 g/mol. The molecule has 0 saturated carbocycles. The second kappa shape index (κ2) is 6.34. The van der Waals surface area contributed by atoms with E-state index in [1.54, 1.807) is 23.5 Å². The molecule has 1 aromatic heterocycles. The summed E-state index contributed by atoms with van der Waals surface area (Å²) < 4.78 is 38.5. The number of halogens is 3. The lowest BCUT2D eigenvalue weighted by Gasteiger charge is -2.10. The Morgan fingerprint density at radius 3 is 2.46 bits per heavy atom. The van der Waals surface area contributed by atoms with Crippen LogP contribution in [-0.4, -0.2) is 32.9 Å². The number of nitrogens with one attached hydrogen (secondary N) is 1. The highest BCUT2D eigenvalue weighted by Gasteiger charge is 2.39. The molecule has 128 valence electrons. The minimum atomic E-state index is -5.00. The van der Waals surface area contributed by atoms with Gasteiger partial charge in [-0.05, 0) is 25.5 Å². The molecule has 0 bridgehead atoms. The smallest absolute Gasteiger partial charge is 0.471 e. The minimum absolute atomic E-state index is 0.0369. The van der Waals surface area contributed by atoms with E-state index in [2.05, 4.69) is 5.10 Å². The zero-order valence-corrected chi connectivity index (χ0v) is 12.8. The molecular formula is C15H14F3N3O3. The summed E-state index contributed by atoms with van der Waals surface area (Å²) in [5, 5.41) is 15.1. The number of carbonyl (C=O) groups is 2. The fourth-order valence-corrected chi connectivity index (χ4v) is 2.24. The van der Waals surface area contributed by atoms with E-state index in [1.807, 2.05) is 0 Å². The third-order valence-electron chi connectivity index (χ3n) is 3.45. The summed E-state index contributed by atoms with van der Waals surface area (Å²) in [5.74, 6) is -3.20. The topological polar surface area (TPSA) is 84.2 Å². The van der Waals surface area contributed by atoms with Gasteiger partial charge in [-0.2, -0.15) is 18.3 Å². The highest BCUT2D eigenvalue weighted by Crippen LogP contribution is 2.24. The summed E-state index contributed by atoms with van der Waals surface area (Å²) in [5.41, 5.74) is 0.989. The molecule has 24 heavy (non-hydrogen) atoms. The van der Waals surface area contributed by atoms with Crippen molar-refractivity contribution in [2.45, 2.75) is 26.6 Å². The van der Waals surface area contributed by atoms with Crippen LogP contribution in [0.15, 0.2) is 24.3 Å². The van der Waals surface area contributed by atoms with Crippen molar-refractivity contribution in [2.24, 2.45) is 0 Å². The molecule has 1 aromatic carbocycles. The lowest BCUT2D eigenvalue weighted by atomic mass is 10.1. The molecule has 0 aliphatic carbocycles. The normalized spacial score (nSPS) is 11.4. The molecule has 0 fully saturated rings. The number of carboxylic acid groups (broad SMARTS) is 1. The van der Waals surface area contributed by atoms with Gasteiger partial charge in [0.15, 0.2) is 0 Å². The van der Waals surface area contributed by atoms with Gasteiger partial charge in [-0.3, -0.25) is 9.48 Å². The minimum Gasteiger partial charge on any atom is -0.478 e. The predicted octanol–water partition coefficient (Wildman–Crippen LogP) is 2.75. The molecule has 2 aromatic rings. The van der Waals surface area contributed by atoms with Gasteiger partial charge in [-0.25, -0.2) is 4.79 Å². The molecule has 1 amide bonds. The Morgan fingerprint density at radius 2 is 1.88 bits per heavy atom.